The van der Waals surface area contributed by atoms with Crippen LogP contribution in [0.4, 0.5) is 0 Å². The lowest BCUT2D eigenvalue weighted by Gasteiger charge is -2.25. The van der Waals surface area contributed by atoms with Gasteiger partial charge in [0.05, 0.1) is 17.9 Å². The van der Waals surface area contributed by atoms with Gasteiger partial charge in [0.25, 0.3) is 11.7 Å². The van der Waals surface area contributed by atoms with Crippen molar-refractivity contribution in [2.75, 3.05) is 6.54 Å². The molecule has 0 radical (unpaired) electrons. The van der Waals surface area contributed by atoms with E-state index in [4.69, 9.17) is 4.74 Å². The molecule has 1 aromatic heterocycles. The molecule has 4 aromatic rings. The topological polar surface area (TPSA) is 84.7 Å². The Morgan fingerprint density at radius 3 is 2.39 bits per heavy atom. The summed E-state index contributed by atoms with van der Waals surface area (Å²) < 4.78 is 7.85. The number of carbonyl (C=O) groups is 2. The largest absolute Gasteiger partial charge is 0.507 e. The van der Waals surface area contributed by atoms with E-state index < -0.39 is 17.7 Å². The van der Waals surface area contributed by atoms with Crippen LogP contribution in [0.5, 0.6) is 5.75 Å². The molecule has 192 valence electrons. The Hall–Kier alpha value is -4.65. The van der Waals surface area contributed by atoms with E-state index in [9.17, 15) is 14.7 Å². The first kappa shape index (κ1) is 25.0. The fourth-order valence-corrected chi connectivity index (χ4v) is 4.73. The fraction of sp³-hybridized carbons (Fsp3) is 0.194. The number of hydrogen-bond donors (Lipinski definition) is 1. The molecule has 1 saturated heterocycles. The van der Waals surface area contributed by atoms with Gasteiger partial charge in [-0.15, -0.1) is 0 Å². The predicted octanol–water partition coefficient (Wildman–Crippen LogP) is 5.28. The second-order valence-corrected chi connectivity index (χ2v) is 9.30. The van der Waals surface area contributed by atoms with Crippen molar-refractivity contribution in [3.05, 3.63) is 125 Å². The Balaban J connectivity index is 1.40. The van der Waals surface area contributed by atoms with Gasteiger partial charge in [0.2, 0.25) is 0 Å². The minimum atomic E-state index is -0.682. The lowest BCUT2D eigenvalue weighted by atomic mass is 9.95. The summed E-state index contributed by atoms with van der Waals surface area (Å²) in [6.45, 7) is 3.49. The first-order valence-corrected chi connectivity index (χ1v) is 12.6. The number of ketones is 1. The molecule has 2 heterocycles. The van der Waals surface area contributed by atoms with E-state index in [0.29, 0.717) is 37.4 Å². The maximum atomic E-state index is 13.2. The maximum absolute atomic E-state index is 13.2. The summed E-state index contributed by atoms with van der Waals surface area (Å²) in [5.41, 5.74) is 3.56. The molecule has 7 heteroatoms. The van der Waals surface area contributed by atoms with E-state index in [0.717, 1.165) is 16.7 Å². The van der Waals surface area contributed by atoms with Crippen molar-refractivity contribution in [3.63, 3.8) is 0 Å². The number of amides is 1. The summed E-state index contributed by atoms with van der Waals surface area (Å²) in [6, 6.07) is 23.6. The standard InChI is InChI=1S/C31H29N3O4/c1-22-8-5-6-11-25(22)20-38-26-14-12-24(13-15-26)29(35)27-28(23-9-3-2-4-10-23)34(31(37)30(27)36)18-7-17-33-19-16-32-21-33/h2-6,8-16,19,21,28,35H,7,17-18,20H2,1H3/b29-27+/t28-/m1/s1. The van der Waals surface area contributed by atoms with Gasteiger partial charge in [0.1, 0.15) is 18.1 Å². The first-order chi connectivity index (χ1) is 18.5. The highest BCUT2D eigenvalue weighted by molar-refractivity contribution is 6.46. The van der Waals surface area contributed by atoms with Crippen molar-refractivity contribution in [1.82, 2.24) is 14.5 Å². The molecule has 0 unspecified atom stereocenters. The van der Waals surface area contributed by atoms with Crippen molar-refractivity contribution in [3.8, 4) is 5.75 Å². The second kappa shape index (κ2) is 11.2. The van der Waals surface area contributed by atoms with Gasteiger partial charge < -0.3 is 19.3 Å². The molecule has 1 amide bonds. The van der Waals surface area contributed by atoms with Crippen LogP contribution >= 0.6 is 0 Å². The minimum Gasteiger partial charge on any atom is -0.507 e. The zero-order valence-electron chi connectivity index (χ0n) is 21.2. The van der Waals surface area contributed by atoms with Crippen molar-refractivity contribution in [1.29, 1.82) is 0 Å². The number of likely N-dealkylation sites (tertiary alicyclic amines) is 1. The molecule has 1 fully saturated rings. The highest BCUT2D eigenvalue weighted by Gasteiger charge is 2.45. The number of benzene rings is 3. The number of aryl methyl sites for hydroxylation is 2. The smallest absolute Gasteiger partial charge is 0.295 e. The van der Waals surface area contributed by atoms with Crippen molar-refractivity contribution >= 4 is 17.4 Å². The molecule has 0 bridgehead atoms. The molecule has 1 aliphatic heterocycles. The third-order valence-corrected chi connectivity index (χ3v) is 6.81. The van der Waals surface area contributed by atoms with Crippen LogP contribution in [0, 0.1) is 6.92 Å². The summed E-state index contributed by atoms with van der Waals surface area (Å²) >= 11 is 0. The van der Waals surface area contributed by atoms with Gasteiger partial charge in [0, 0.05) is 31.0 Å². The Bertz CT molecular complexity index is 1440. The molecule has 1 atom stereocenters. The minimum absolute atomic E-state index is 0.0948. The van der Waals surface area contributed by atoms with Crippen molar-refractivity contribution in [2.24, 2.45) is 0 Å². The third-order valence-electron chi connectivity index (χ3n) is 6.81. The molecule has 1 N–H and O–H groups in total. The van der Waals surface area contributed by atoms with Crippen LogP contribution in [-0.4, -0.2) is 37.8 Å². The van der Waals surface area contributed by atoms with Gasteiger partial charge in [-0.3, -0.25) is 9.59 Å². The van der Waals surface area contributed by atoms with E-state index in [-0.39, 0.29) is 11.3 Å². The van der Waals surface area contributed by atoms with Gasteiger partial charge in [-0.2, -0.15) is 0 Å². The predicted molar refractivity (Wildman–Crippen MR) is 144 cm³/mol. The van der Waals surface area contributed by atoms with Crippen LogP contribution in [0.1, 0.15) is 34.7 Å². The summed E-state index contributed by atoms with van der Waals surface area (Å²) in [4.78, 5) is 31.9. The van der Waals surface area contributed by atoms with Gasteiger partial charge in [-0.25, -0.2) is 4.98 Å². The molecule has 5 rings (SSSR count). The monoisotopic (exact) mass is 507 g/mol. The Kier molecular flexibility index (Phi) is 7.35. The Morgan fingerprint density at radius 1 is 0.947 bits per heavy atom. The number of Topliss-reactive ketones (excluding diaryl/α,β-unsaturated/α-hetero) is 1. The summed E-state index contributed by atoms with van der Waals surface area (Å²) in [7, 11) is 0. The van der Waals surface area contributed by atoms with Crippen molar-refractivity contribution in [2.45, 2.75) is 32.5 Å². The van der Waals surface area contributed by atoms with Crippen molar-refractivity contribution < 1.29 is 19.4 Å². The van der Waals surface area contributed by atoms with Crippen LogP contribution < -0.4 is 4.74 Å². The number of carbonyl (C=O) groups excluding carboxylic acids is 2. The highest BCUT2D eigenvalue weighted by Crippen LogP contribution is 2.39. The van der Waals surface area contributed by atoms with Gasteiger partial charge in [-0.05, 0) is 54.3 Å². The number of aromatic nitrogens is 2. The number of hydrogen-bond acceptors (Lipinski definition) is 5. The van der Waals surface area contributed by atoms with Crippen LogP contribution in [-0.2, 0) is 22.7 Å². The molecule has 0 spiro atoms. The number of nitrogens with zero attached hydrogens (tertiary/aromatic N) is 3. The Labute approximate surface area is 221 Å². The summed E-state index contributed by atoms with van der Waals surface area (Å²) in [5, 5.41) is 11.3. The van der Waals surface area contributed by atoms with E-state index in [1.54, 1.807) is 41.7 Å². The maximum Gasteiger partial charge on any atom is 0.295 e. The van der Waals surface area contributed by atoms with E-state index in [1.165, 1.54) is 0 Å². The van der Waals surface area contributed by atoms with Crippen LogP contribution in [0.15, 0.2) is 103 Å². The Morgan fingerprint density at radius 2 is 1.68 bits per heavy atom. The van der Waals surface area contributed by atoms with Crippen LogP contribution in [0.2, 0.25) is 0 Å². The SMILES string of the molecule is Cc1ccccc1COc1ccc(/C(O)=C2\C(=O)C(=O)N(CCCn3ccnc3)[C@@H]2c2ccccc2)cc1. The fourth-order valence-electron chi connectivity index (χ4n) is 4.73. The second-order valence-electron chi connectivity index (χ2n) is 9.30. The molecule has 1 aliphatic rings. The first-order valence-electron chi connectivity index (χ1n) is 12.6. The summed E-state index contributed by atoms with van der Waals surface area (Å²) in [5.74, 6) is -0.841. The van der Waals surface area contributed by atoms with Crippen LogP contribution in [0.3, 0.4) is 0 Å². The summed E-state index contributed by atoms with van der Waals surface area (Å²) in [6.07, 6.45) is 5.92. The molecular weight excluding hydrogens is 478 g/mol. The number of aliphatic hydroxyl groups is 1. The van der Waals surface area contributed by atoms with Gasteiger partial charge in [-0.1, -0.05) is 54.6 Å². The zero-order chi connectivity index (χ0) is 26.5. The zero-order valence-corrected chi connectivity index (χ0v) is 21.2. The number of ether oxygens (including phenoxy) is 1. The number of imidazole rings is 1. The molecule has 38 heavy (non-hydrogen) atoms. The van der Waals surface area contributed by atoms with Crippen LogP contribution in [0.25, 0.3) is 5.76 Å². The normalized spacial score (nSPS) is 16.7. The van der Waals surface area contributed by atoms with Gasteiger partial charge >= 0.3 is 0 Å². The lowest BCUT2D eigenvalue weighted by Crippen LogP contribution is -2.31. The van der Waals surface area contributed by atoms with E-state index >= 15 is 0 Å². The third kappa shape index (κ3) is 5.22. The molecular formula is C31H29N3O4. The van der Waals surface area contributed by atoms with Gasteiger partial charge in [0.15, 0.2) is 0 Å². The average molecular weight is 508 g/mol. The number of aliphatic hydroxyl groups excluding tert-OH is 1. The quantitative estimate of drug-likeness (QED) is 0.189. The van der Waals surface area contributed by atoms with E-state index in [2.05, 4.69) is 4.98 Å². The average Bonchev–Trinajstić information content (AvgIpc) is 3.55. The molecule has 7 nitrogen and oxygen atoms in total. The highest BCUT2D eigenvalue weighted by atomic mass is 16.5. The molecule has 0 saturated carbocycles. The lowest BCUT2D eigenvalue weighted by molar-refractivity contribution is -0.139. The molecule has 3 aromatic carbocycles. The number of rotatable bonds is 9. The van der Waals surface area contributed by atoms with E-state index in [1.807, 2.05) is 72.3 Å². The molecule has 0 aliphatic carbocycles.